The first-order chi connectivity index (χ1) is 12.4. The minimum atomic E-state index is -0.499. The molecule has 2 rings (SSSR count). The predicted octanol–water partition coefficient (Wildman–Crippen LogP) is 3.15. The van der Waals surface area contributed by atoms with Gasteiger partial charge in [-0.3, -0.25) is 10.1 Å². The normalized spacial score (nSPS) is 11.3. The Morgan fingerprint density at radius 2 is 2.15 bits per heavy atom. The maximum atomic E-state index is 11.5. The average molecular weight is 379 g/mol. The number of hydrogen-bond donors (Lipinski definition) is 0. The number of methoxy groups -OCH3 is 1. The number of nitro groups is 1. The van der Waals surface area contributed by atoms with Gasteiger partial charge in [0.2, 0.25) is 10.9 Å². The molecule has 0 atom stereocenters. The van der Waals surface area contributed by atoms with Crippen molar-refractivity contribution in [2.75, 3.05) is 13.4 Å². The topological polar surface area (TPSA) is 105 Å². The molecule has 1 heterocycles. The molecule has 10 heteroatoms. The van der Waals surface area contributed by atoms with Crippen molar-refractivity contribution in [2.24, 2.45) is 5.10 Å². The highest BCUT2D eigenvalue weighted by Gasteiger charge is 2.23. The minimum Gasteiger partial charge on any atom is -0.493 e. The van der Waals surface area contributed by atoms with Crippen LogP contribution in [0.1, 0.15) is 32.2 Å². The number of nitro benzene ring substituents is 1. The number of thioether (sulfide) groups is 1. The maximum Gasteiger partial charge on any atom is 0.315 e. The van der Waals surface area contributed by atoms with Gasteiger partial charge in [-0.05, 0) is 26.2 Å². The fraction of sp³-hybridized carbons (Fsp3) is 0.438. The van der Waals surface area contributed by atoms with Gasteiger partial charge in [0.1, 0.15) is 0 Å². The van der Waals surface area contributed by atoms with Gasteiger partial charge >= 0.3 is 5.69 Å². The van der Waals surface area contributed by atoms with Crippen LogP contribution in [0.5, 0.6) is 11.5 Å². The molecule has 0 radical (unpaired) electrons. The number of ether oxygens (including phenoxy) is 2. The van der Waals surface area contributed by atoms with Gasteiger partial charge in [0.15, 0.2) is 11.6 Å². The van der Waals surface area contributed by atoms with E-state index >= 15 is 0 Å². The van der Waals surface area contributed by atoms with Crippen LogP contribution in [0.2, 0.25) is 0 Å². The highest BCUT2D eigenvalue weighted by Crippen LogP contribution is 2.38. The third kappa shape index (κ3) is 4.31. The van der Waals surface area contributed by atoms with Crippen LogP contribution in [-0.2, 0) is 6.42 Å². The average Bonchev–Trinajstić information content (AvgIpc) is 3.01. The summed E-state index contributed by atoms with van der Waals surface area (Å²) in [7, 11) is 1.44. The molecule has 0 N–H and O–H groups in total. The monoisotopic (exact) mass is 379 g/mol. The van der Waals surface area contributed by atoms with E-state index in [1.807, 2.05) is 13.2 Å². The molecule has 1 aromatic heterocycles. The third-order valence-electron chi connectivity index (χ3n) is 3.33. The van der Waals surface area contributed by atoms with E-state index in [1.165, 1.54) is 31.2 Å². The van der Waals surface area contributed by atoms with Crippen LogP contribution in [0.3, 0.4) is 0 Å². The van der Waals surface area contributed by atoms with Crippen LogP contribution in [0.4, 0.5) is 5.69 Å². The fourth-order valence-electron chi connectivity index (χ4n) is 2.21. The lowest BCUT2D eigenvalue weighted by atomic mass is 10.2. The van der Waals surface area contributed by atoms with Crippen LogP contribution in [0.15, 0.2) is 22.4 Å². The number of hydrogen-bond acceptors (Lipinski definition) is 8. The van der Waals surface area contributed by atoms with Gasteiger partial charge in [-0.15, -0.1) is 10.2 Å². The predicted molar refractivity (Wildman–Crippen MR) is 99.6 cm³/mol. The lowest BCUT2D eigenvalue weighted by Crippen LogP contribution is -2.09. The summed E-state index contributed by atoms with van der Waals surface area (Å²) in [5.74, 6) is 1.08. The molecule has 2 aromatic rings. The molecule has 0 fully saturated rings. The van der Waals surface area contributed by atoms with Crippen molar-refractivity contribution in [1.82, 2.24) is 14.9 Å². The van der Waals surface area contributed by atoms with Crippen molar-refractivity contribution < 1.29 is 14.4 Å². The van der Waals surface area contributed by atoms with E-state index in [-0.39, 0.29) is 23.3 Å². The zero-order chi connectivity index (χ0) is 19.3. The first-order valence-corrected chi connectivity index (χ1v) is 9.19. The standard InChI is InChI=1S/C16H21N5O4S/c1-6-14-18-19-16(26-5)20(14)17-9-11-7-12(21(22)23)15(25-10(2)3)13(8-11)24-4/h7-10H,6H2,1-5H3/b17-9-. The summed E-state index contributed by atoms with van der Waals surface area (Å²) in [6.07, 6.45) is 3.82. The lowest BCUT2D eigenvalue weighted by Gasteiger charge is -2.14. The molecule has 0 saturated carbocycles. The van der Waals surface area contributed by atoms with Gasteiger partial charge < -0.3 is 9.47 Å². The summed E-state index contributed by atoms with van der Waals surface area (Å²) in [5.41, 5.74) is 0.330. The molecular formula is C16H21N5O4S. The summed E-state index contributed by atoms with van der Waals surface area (Å²) < 4.78 is 12.5. The second-order valence-electron chi connectivity index (χ2n) is 5.51. The quantitative estimate of drug-likeness (QED) is 0.300. The Bertz CT molecular complexity index is 798. The molecule has 0 bridgehead atoms. The Morgan fingerprint density at radius 3 is 2.69 bits per heavy atom. The van der Waals surface area contributed by atoms with Crippen molar-refractivity contribution in [2.45, 2.75) is 38.5 Å². The minimum absolute atomic E-state index is 0.105. The van der Waals surface area contributed by atoms with Crippen molar-refractivity contribution in [3.8, 4) is 11.5 Å². The van der Waals surface area contributed by atoms with Crippen LogP contribution >= 0.6 is 11.8 Å². The zero-order valence-electron chi connectivity index (χ0n) is 15.3. The van der Waals surface area contributed by atoms with E-state index in [2.05, 4.69) is 15.3 Å². The van der Waals surface area contributed by atoms with Gasteiger partial charge in [-0.25, -0.2) is 0 Å². The summed E-state index contributed by atoms with van der Waals surface area (Å²) in [6.45, 7) is 5.54. The number of benzene rings is 1. The van der Waals surface area contributed by atoms with E-state index in [0.29, 0.717) is 23.0 Å². The Labute approximate surface area is 155 Å². The molecule has 0 aliphatic carbocycles. The smallest absolute Gasteiger partial charge is 0.315 e. The molecule has 0 spiro atoms. The summed E-state index contributed by atoms with van der Waals surface area (Å²) in [6, 6.07) is 3.04. The van der Waals surface area contributed by atoms with Crippen molar-refractivity contribution in [3.05, 3.63) is 33.6 Å². The van der Waals surface area contributed by atoms with E-state index in [4.69, 9.17) is 9.47 Å². The van der Waals surface area contributed by atoms with Gasteiger partial charge in [0.25, 0.3) is 0 Å². The molecule has 0 unspecified atom stereocenters. The molecule has 0 saturated heterocycles. The number of nitrogens with zero attached hydrogens (tertiary/aromatic N) is 5. The first-order valence-electron chi connectivity index (χ1n) is 7.96. The van der Waals surface area contributed by atoms with Crippen LogP contribution in [0, 0.1) is 10.1 Å². The number of aromatic nitrogens is 3. The second kappa shape index (κ2) is 8.65. The van der Waals surface area contributed by atoms with Gasteiger partial charge in [-0.2, -0.15) is 9.78 Å². The van der Waals surface area contributed by atoms with Crippen molar-refractivity contribution >= 4 is 23.7 Å². The van der Waals surface area contributed by atoms with Crippen molar-refractivity contribution in [1.29, 1.82) is 0 Å². The molecule has 9 nitrogen and oxygen atoms in total. The third-order valence-corrected chi connectivity index (χ3v) is 3.95. The molecule has 1 aromatic carbocycles. The number of rotatable bonds is 8. The largest absolute Gasteiger partial charge is 0.493 e. The van der Waals surface area contributed by atoms with E-state index in [1.54, 1.807) is 24.6 Å². The lowest BCUT2D eigenvalue weighted by molar-refractivity contribution is -0.386. The fourth-order valence-corrected chi connectivity index (χ4v) is 2.66. The highest BCUT2D eigenvalue weighted by molar-refractivity contribution is 7.98. The van der Waals surface area contributed by atoms with Crippen molar-refractivity contribution in [3.63, 3.8) is 0 Å². The molecule has 0 amide bonds. The summed E-state index contributed by atoms with van der Waals surface area (Å²) in [5, 5.41) is 24.6. The summed E-state index contributed by atoms with van der Waals surface area (Å²) in [4.78, 5) is 11.0. The number of aryl methyl sites for hydroxylation is 1. The Morgan fingerprint density at radius 1 is 1.42 bits per heavy atom. The zero-order valence-corrected chi connectivity index (χ0v) is 16.1. The van der Waals surface area contributed by atoms with Gasteiger partial charge in [0.05, 0.1) is 24.4 Å². The molecule has 26 heavy (non-hydrogen) atoms. The maximum absolute atomic E-state index is 11.5. The van der Waals surface area contributed by atoms with Gasteiger partial charge in [-0.1, -0.05) is 18.7 Å². The molecule has 140 valence electrons. The van der Waals surface area contributed by atoms with E-state index in [0.717, 1.165) is 0 Å². The second-order valence-corrected chi connectivity index (χ2v) is 6.28. The van der Waals surface area contributed by atoms with Crippen LogP contribution in [0.25, 0.3) is 0 Å². The first kappa shape index (κ1) is 19.7. The summed E-state index contributed by atoms with van der Waals surface area (Å²) >= 11 is 1.41. The molecule has 0 aliphatic rings. The van der Waals surface area contributed by atoms with E-state index in [9.17, 15) is 10.1 Å². The SMILES string of the molecule is CCc1nnc(SC)n1/N=C\c1cc(OC)c(OC(C)C)c([N+](=O)[O-])c1. The molecule has 0 aliphatic heterocycles. The Balaban J connectivity index is 2.49. The van der Waals surface area contributed by atoms with Crippen LogP contribution < -0.4 is 9.47 Å². The molecular weight excluding hydrogens is 358 g/mol. The van der Waals surface area contributed by atoms with Crippen LogP contribution in [-0.4, -0.2) is 45.5 Å². The van der Waals surface area contributed by atoms with E-state index < -0.39 is 4.92 Å². The Hall–Kier alpha value is -2.62. The Kier molecular flexibility index (Phi) is 6.56. The highest BCUT2D eigenvalue weighted by atomic mass is 32.2. The van der Waals surface area contributed by atoms with Gasteiger partial charge in [0, 0.05) is 18.1 Å².